The van der Waals surface area contributed by atoms with Crippen LogP contribution in [0, 0.1) is 23.2 Å². The lowest BCUT2D eigenvalue weighted by Crippen LogP contribution is -2.63. The van der Waals surface area contributed by atoms with Crippen molar-refractivity contribution < 1.29 is 19.7 Å². The number of rotatable bonds is 2. The number of carbonyl (C=O) groups is 1. The highest BCUT2D eigenvalue weighted by Gasteiger charge is 2.60. The van der Waals surface area contributed by atoms with Gasteiger partial charge in [-0.1, -0.05) is 20.8 Å². The topological polar surface area (TPSA) is 66.8 Å². The lowest BCUT2D eigenvalue weighted by molar-refractivity contribution is -0.228. The SMILES string of the molecule is CC(=O)O[C@@H]1CC[C@](C)(O)[C@@H]2[C@H](O)[C@H](C(C)C)CC[C@]21C. The lowest BCUT2D eigenvalue weighted by atomic mass is 9.50. The van der Waals surface area contributed by atoms with E-state index >= 15 is 0 Å². The average molecular weight is 298 g/mol. The molecule has 0 aromatic rings. The van der Waals surface area contributed by atoms with Gasteiger partial charge >= 0.3 is 5.97 Å². The molecular formula is C17H30O4. The van der Waals surface area contributed by atoms with Crippen LogP contribution in [-0.4, -0.2) is 34.0 Å². The Morgan fingerprint density at radius 3 is 2.38 bits per heavy atom. The predicted molar refractivity (Wildman–Crippen MR) is 80.6 cm³/mol. The molecule has 0 heterocycles. The lowest BCUT2D eigenvalue weighted by Gasteiger charge is -2.59. The molecule has 4 heteroatoms. The molecule has 0 bridgehead atoms. The van der Waals surface area contributed by atoms with E-state index in [1.807, 2.05) is 6.92 Å². The largest absolute Gasteiger partial charge is 0.462 e. The minimum Gasteiger partial charge on any atom is -0.462 e. The summed E-state index contributed by atoms with van der Waals surface area (Å²) in [6, 6.07) is 0. The van der Waals surface area contributed by atoms with Gasteiger partial charge in [-0.15, -0.1) is 0 Å². The standard InChI is InChI=1S/C17H30O4/c1-10(2)12-6-8-16(4)13(21-11(3)18)7-9-17(5,20)15(16)14(12)19/h10,12-15,19-20H,6-9H2,1-5H3/t12-,13+,14+,15+,16-,17-/m0/s1. The van der Waals surface area contributed by atoms with E-state index in [0.29, 0.717) is 18.8 Å². The smallest absolute Gasteiger partial charge is 0.302 e. The fourth-order valence-electron chi connectivity index (χ4n) is 4.91. The zero-order valence-electron chi connectivity index (χ0n) is 13.9. The molecule has 0 aromatic carbocycles. The highest BCUT2D eigenvalue weighted by atomic mass is 16.5. The number of fused-ring (bicyclic) bond motifs is 1. The zero-order chi connectivity index (χ0) is 16.0. The van der Waals surface area contributed by atoms with Crippen LogP contribution in [0.2, 0.25) is 0 Å². The van der Waals surface area contributed by atoms with Gasteiger partial charge in [0, 0.05) is 18.3 Å². The molecule has 0 saturated heterocycles. The van der Waals surface area contributed by atoms with E-state index < -0.39 is 11.7 Å². The molecule has 0 amide bonds. The summed E-state index contributed by atoms with van der Waals surface area (Å²) in [7, 11) is 0. The first-order valence-electron chi connectivity index (χ1n) is 8.17. The number of esters is 1. The molecule has 122 valence electrons. The van der Waals surface area contributed by atoms with Gasteiger partial charge in [-0.3, -0.25) is 4.79 Å². The third kappa shape index (κ3) is 2.85. The van der Waals surface area contributed by atoms with Crippen molar-refractivity contribution in [3.8, 4) is 0 Å². The summed E-state index contributed by atoms with van der Waals surface area (Å²) in [6.07, 6.45) is 2.27. The Morgan fingerprint density at radius 1 is 1.24 bits per heavy atom. The van der Waals surface area contributed by atoms with Gasteiger partial charge in [-0.25, -0.2) is 0 Å². The van der Waals surface area contributed by atoms with Crippen molar-refractivity contribution >= 4 is 5.97 Å². The molecule has 2 saturated carbocycles. The maximum absolute atomic E-state index is 11.4. The summed E-state index contributed by atoms with van der Waals surface area (Å²) >= 11 is 0. The van der Waals surface area contributed by atoms with Crippen LogP contribution in [0.3, 0.4) is 0 Å². The van der Waals surface area contributed by atoms with Crippen molar-refractivity contribution in [1.29, 1.82) is 0 Å². The van der Waals surface area contributed by atoms with Crippen LogP contribution >= 0.6 is 0 Å². The van der Waals surface area contributed by atoms with Gasteiger partial charge in [0.1, 0.15) is 6.10 Å². The summed E-state index contributed by atoms with van der Waals surface area (Å²) in [4.78, 5) is 11.4. The maximum atomic E-state index is 11.4. The summed E-state index contributed by atoms with van der Waals surface area (Å²) in [5, 5.41) is 21.7. The summed E-state index contributed by atoms with van der Waals surface area (Å²) in [6.45, 7) is 9.57. The van der Waals surface area contributed by atoms with Gasteiger partial charge in [0.15, 0.2) is 0 Å². The number of hydrogen-bond donors (Lipinski definition) is 2. The van der Waals surface area contributed by atoms with Crippen LogP contribution in [0.1, 0.15) is 60.3 Å². The normalized spacial score (nSPS) is 47.0. The second kappa shape index (κ2) is 5.54. The fraction of sp³-hybridized carbons (Fsp3) is 0.941. The molecule has 0 aliphatic heterocycles. The molecule has 0 radical (unpaired) electrons. The first-order chi connectivity index (χ1) is 9.59. The molecule has 0 unspecified atom stereocenters. The van der Waals surface area contributed by atoms with Gasteiger partial charge in [0.2, 0.25) is 0 Å². The predicted octanol–water partition coefficient (Wildman–Crippen LogP) is 2.51. The number of carbonyl (C=O) groups excluding carboxylic acids is 1. The van der Waals surface area contributed by atoms with Crippen LogP contribution in [0.25, 0.3) is 0 Å². The molecule has 2 aliphatic rings. The molecule has 2 N–H and O–H groups in total. The van der Waals surface area contributed by atoms with Gasteiger partial charge in [0.05, 0.1) is 11.7 Å². The number of ether oxygens (including phenoxy) is 1. The van der Waals surface area contributed by atoms with Crippen molar-refractivity contribution in [2.24, 2.45) is 23.2 Å². The van der Waals surface area contributed by atoms with Crippen molar-refractivity contribution in [3.05, 3.63) is 0 Å². The van der Waals surface area contributed by atoms with E-state index in [0.717, 1.165) is 12.8 Å². The minimum atomic E-state index is -0.904. The maximum Gasteiger partial charge on any atom is 0.302 e. The molecular weight excluding hydrogens is 268 g/mol. The number of hydrogen-bond acceptors (Lipinski definition) is 4. The average Bonchev–Trinajstić information content (AvgIpc) is 2.31. The molecule has 6 atom stereocenters. The molecule has 4 nitrogen and oxygen atoms in total. The van der Waals surface area contributed by atoms with E-state index in [1.165, 1.54) is 6.92 Å². The Hall–Kier alpha value is -0.610. The van der Waals surface area contributed by atoms with Crippen molar-refractivity contribution in [1.82, 2.24) is 0 Å². The molecule has 2 aliphatic carbocycles. The van der Waals surface area contributed by atoms with Gasteiger partial charge in [-0.05, 0) is 44.4 Å². The highest BCUT2D eigenvalue weighted by molar-refractivity contribution is 5.66. The Balaban J connectivity index is 2.35. The van der Waals surface area contributed by atoms with Gasteiger partial charge < -0.3 is 14.9 Å². The van der Waals surface area contributed by atoms with Crippen molar-refractivity contribution in [3.63, 3.8) is 0 Å². The van der Waals surface area contributed by atoms with Crippen molar-refractivity contribution in [2.45, 2.75) is 78.1 Å². The molecule has 0 spiro atoms. The second-order valence-corrected chi connectivity index (χ2v) is 7.91. The second-order valence-electron chi connectivity index (χ2n) is 7.91. The molecule has 2 fully saturated rings. The minimum absolute atomic E-state index is 0.200. The Labute approximate surface area is 127 Å². The van der Waals surface area contributed by atoms with Crippen LogP contribution in [0.15, 0.2) is 0 Å². The summed E-state index contributed by atoms with van der Waals surface area (Å²) in [5.74, 6) is 0.0614. The number of aliphatic hydroxyl groups excluding tert-OH is 1. The molecule has 0 aromatic heterocycles. The van der Waals surface area contributed by atoms with Crippen molar-refractivity contribution in [2.75, 3.05) is 0 Å². The van der Waals surface area contributed by atoms with Crippen LogP contribution < -0.4 is 0 Å². The fourth-order valence-corrected chi connectivity index (χ4v) is 4.91. The van der Waals surface area contributed by atoms with E-state index in [-0.39, 0.29) is 29.3 Å². The Kier molecular flexibility index (Phi) is 4.42. The third-order valence-electron chi connectivity index (χ3n) is 5.99. The van der Waals surface area contributed by atoms with E-state index in [4.69, 9.17) is 4.74 Å². The molecule has 21 heavy (non-hydrogen) atoms. The first kappa shape index (κ1) is 16.8. The van der Waals surface area contributed by atoms with Gasteiger partial charge in [-0.2, -0.15) is 0 Å². The van der Waals surface area contributed by atoms with Crippen LogP contribution in [-0.2, 0) is 9.53 Å². The number of aliphatic hydroxyl groups is 2. The molecule has 2 rings (SSSR count). The van der Waals surface area contributed by atoms with Crippen LogP contribution in [0.4, 0.5) is 0 Å². The third-order valence-corrected chi connectivity index (χ3v) is 5.99. The van der Waals surface area contributed by atoms with Gasteiger partial charge in [0.25, 0.3) is 0 Å². The monoisotopic (exact) mass is 298 g/mol. The quantitative estimate of drug-likeness (QED) is 0.769. The van der Waals surface area contributed by atoms with Crippen LogP contribution in [0.5, 0.6) is 0 Å². The first-order valence-corrected chi connectivity index (χ1v) is 8.17. The highest BCUT2D eigenvalue weighted by Crippen LogP contribution is 2.57. The Bertz CT molecular complexity index is 404. The Morgan fingerprint density at radius 2 is 1.86 bits per heavy atom. The summed E-state index contributed by atoms with van der Waals surface area (Å²) < 4.78 is 5.54. The van der Waals surface area contributed by atoms with E-state index in [9.17, 15) is 15.0 Å². The zero-order valence-corrected chi connectivity index (χ0v) is 13.9. The van der Waals surface area contributed by atoms with E-state index in [2.05, 4.69) is 20.8 Å². The van der Waals surface area contributed by atoms with E-state index in [1.54, 1.807) is 0 Å². The summed E-state index contributed by atoms with van der Waals surface area (Å²) in [5.41, 5.74) is -1.25.